The Bertz CT molecular complexity index is 6990. The summed E-state index contributed by atoms with van der Waals surface area (Å²) in [6, 6.07) is 30.2. The Balaban J connectivity index is 0.000000173. The molecule has 134 heavy (non-hydrogen) atoms. The van der Waals surface area contributed by atoms with Crippen molar-refractivity contribution in [1.29, 1.82) is 5.26 Å². The van der Waals surface area contributed by atoms with E-state index in [-0.39, 0.29) is 110 Å². The number of alkyl carbamates (subject to hydrolysis) is 5. The summed E-state index contributed by atoms with van der Waals surface area (Å²) in [5.41, 5.74) is 3.94. The molecule has 690 valence electrons. The van der Waals surface area contributed by atoms with Crippen LogP contribution in [-0.4, -0.2) is 193 Å². The molecule has 15 amide bonds. The Labute approximate surface area is 781 Å². The number of nitrogens with zero attached hydrogens (tertiary/aromatic N) is 11. The molecule has 0 aliphatic heterocycles. The van der Waals surface area contributed by atoms with Crippen LogP contribution in [0.5, 0.6) is 5.75 Å². The maximum absolute atomic E-state index is 12.8. The van der Waals surface area contributed by atoms with E-state index in [9.17, 15) is 80.3 Å². The highest BCUT2D eigenvalue weighted by Crippen LogP contribution is 2.32. The molecule has 0 bridgehead atoms. The summed E-state index contributed by atoms with van der Waals surface area (Å²) < 4.78 is 54.5. The molecular formula is C83H72ClN21O23S6. The van der Waals surface area contributed by atoms with E-state index in [4.69, 9.17) is 31.1 Å². The Morgan fingerprint density at radius 1 is 0.448 bits per heavy atom. The van der Waals surface area contributed by atoms with Crippen LogP contribution in [-0.2, 0) is 33.5 Å². The molecule has 0 radical (unpaired) electrons. The normalized spacial score (nSPS) is 10.5. The second-order valence-corrected chi connectivity index (χ2v) is 32.7. The molecule has 0 aliphatic carbocycles. The van der Waals surface area contributed by atoms with E-state index >= 15 is 0 Å². The number of imide groups is 5. The minimum atomic E-state index is -3.75. The van der Waals surface area contributed by atoms with E-state index in [1.54, 1.807) is 121 Å². The number of hydrogen-bond donors (Lipinski definition) is 10. The number of carbonyl (C=O) groups excluding carboxylic acids is 15. The first-order chi connectivity index (χ1) is 64.3. The largest absolute Gasteiger partial charge is 0.497 e. The lowest BCUT2D eigenvalue weighted by Crippen LogP contribution is -2.31. The van der Waals surface area contributed by atoms with Gasteiger partial charge in [0.05, 0.1) is 107 Å². The first kappa shape index (κ1) is 99.8. The quantitative estimate of drug-likeness (QED) is 0.0222. The molecule has 0 unspecified atom stereocenters. The fourth-order valence-electron chi connectivity index (χ4n) is 11.1. The van der Waals surface area contributed by atoms with Gasteiger partial charge in [0.15, 0.2) is 11.3 Å². The van der Waals surface area contributed by atoms with Crippen molar-refractivity contribution in [2.75, 3.05) is 73.0 Å². The van der Waals surface area contributed by atoms with Gasteiger partial charge in [-0.05, 0) is 153 Å². The molecule has 51 heteroatoms. The number of benzene rings is 2. The molecule has 0 aliphatic rings. The Morgan fingerprint density at radius 2 is 0.903 bits per heavy atom. The zero-order valence-electron chi connectivity index (χ0n) is 70.8. The zero-order valence-corrected chi connectivity index (χ0v) is 76.5. The Hall–Kier alpha value is -16.3. The number of ether oxygens (including phenoxy) is 6. The molecule has 2 aromatic carbocycles. The SMILES string of the molecule is CCOC(=O)NC(=O)c1ccsc1NC(=O)c1cc(C)nc2ccccc12.CCOC(=O)NC(=O)c1ccsc1NC(=O)c1ccnc2ccc(OC)cc12.CCOC(=O)NC(=O)c1ccsc1NC(=O)c1cn2cccc(C#N)c2n1.CCOC(=O)NC(=O)c1ccsc1NC(=O)c1nc(S(C)(=O)=O)ncc1Cl.CCOC(=O)NC(=O)c1ccsc1NC(=O)c1nc2ncccn2n1. The molecule has 14 rings (SSSR count). The molecule has 0 saturated heterocycles. The van der Waals surface area contributed by atoms with Gasteiger partial charge in [-0.2, -0.15) is 10.2 Å². The second-order valence-electron chi connectivity index (χ2n) is 25.8. The van der Waals surface area contributed by atoms with Crippen LogP contribution < -0.4 is 57.9 Å². The van der Waals surface area contributed by atoms with Gasteiger partial charge in [-0.3, -0.25) is 84.5 Å². The highest BCUT2D eigenvalue weighted by Gasteiger charge is 2.28. The number of amides is 15. The van der Waals surface area contributed by atoms with Crippen LogP contribution in [0.4, 0.5) is 49.0 Å². The number of para-hydroxylation sites is 1. The first-order valence-electron chi connectivity index (χ1n) is 38.7. The molecule has 12 heterocycles. The summed E-state index contributed by atoms with van der Waals surface area (Å²) >= 11 is 11.5. The number of hydrogen-bond acceptors (Lipinski definition) is 37. The number of aromatic nitrogens is 10. The number of thiophene rings is 5. The Morgan fingerprint density at radius 3 is 1.36 bits per heavy atom. The monoisotopic (exact) mass is 1960 g/mol. The van der Waals surface area contributed by atoms with Crippen LogP contribution in [0.3, 0.4) is 0 Å². The smallest absolute Gasteiger partial charge is 0.414 e. The third-order valence-corrected chi connectivity index (χ3v) is 22.1. The van der Waals surface area contributed by atoms with Gasteiger partial charge in [-0.25, -0.2) is 56.8 Å². The van der Waals surface area contributed by atoms with Crippen LogP contribution in [0.25, 0.3) is 33.2 Å². The van der Waals surface area contributed by atoms with Crippen molar-refractivity contribution in [3.63, 3.8) is 0 Å². The van der Waals surface area contributed by atoms with E-state index < -0.39 is 98.6 Å². The highest BCUT2D eigenvalue weighted by molar-refractivity contribution is 7.90. The molecular weight excluding hydrogens is 1890 g/mol. The molecule has 10 N–H and O–H groups in total. The van der Waals surface area contributed by atoms with Gasteiger partial charge >= 0.3 is 30.5 Å². The number of rotatable bonds is 22. The fraction of sp³-hybridized carbons (Fsp3) is 0.157. The number of pyridine rings is 3. The van der Waals surface area contributed by atoms with Gasteiger partial charge in [0.2, 0.25) is 20.8 Å². The van der Waals surface area contributed by atoms with Gasteiger partial charge in [-0.15, -0.1) is 61.8 Å². The van der Waals surface area contributed by atoms with Gasteiger partial charge in [0, 0.05) is 53.7 Å². The van der Waals surface area contributed by atoms with Gasteiger partial charge in [0.1, 0.15) is 42.5 Å². The van der Waals surface area contributed by atoms with E-state index in [2.05, 4.69) is 102 Å². The highest BCUT2D eigenvalue weighted by atomic mass is 35.5. The van der Waals surface area contributed by atoms with Crippen LogP contribution >= 0.6 is 68.3 Å². The fourth-order valence-corrected chi connectivity index (χ4v) is 15.6. The maximum atomic E-state index is 12.8. The second kappa shape index (κ2) is 47.3. The van der Waals surface area contributed by atoms with Crippen molar-refractivity contribution in [2.24, 2.45) is 0 Å². The lowest BCUT2D eigenvalue weighted by atomic mass is 10.1. The number of nitrogens with one attached hydrogen (secondary N) is 10. The average molecular weight is 1960 g/mol. The average Bonchev–Trinajstić information content (AvgIpc) is 1.29. The maximum Gasteiger partial charge on any atom is 0.414 e. The Kier molecular flexibility index (Phi) is 35.2. The summed E-state index contributed by atoms with van der Waals surface area (Å²) in [5, 5.41) is 46.4. The molecule has 44 nitrogen and oxygen atoms in total. The first-order valence-corrected chi connectivity index (χ1v) is 45.4. The van der Waals surface area contributed by atoms with Crippen molar-refractivity contribution in [3.05, 3.63) is 240 Å². The number of halogens is 1. The number of nitriles is 1. The number of fused-ring (bicyclic) bond motifs is 4. The lowest BCUT2D eigenvalue weighted by Gasteiger charge is -2.09. The molecule has 14 aromatic rings. The van der Waals surface area contributed by atoms with Crippen LogP contribution in [0.2, 0.25) is 5.02 Å². The minimum absolute atomic E-state index is 0.00918. The number of aryl methyl sites for hydroxylation is 1. The van der Waals surface area contributed by atoms with Crippen LogP contribution in [0.1, 0.15) is 150 Å². The van der Waals surface area contributed by atoms with E-state index in [1.807, 2.05) is 42.6 Å². The van der Waals surface area contributed by atoms with Crippen molar-refractivity contribution in [1.82, 2.24) is 75.5 Å². The topological polar surface area (TPSA) is 602 Å². The third-order valence-electron chi connectivity index (χ3n) is 16.8. The summed E-state index contributed by atoms with van der Waals surface area (Å²) in [7, 11) is -2.21. The number of methoxy groups -OCH3 is 1. The van der Waals surface area contributed by atoms with E-state index in [0.717, 1.165) is 51.8 Å². The molecule has 0 spiro atoms. The van der Waals surface area contributed by atoms with E-state index in [1.165, 1.54) is 88.6 Å². The molecule has 12 aromatic heterocycles. The number of carbonyl (C=O) groups is 15. The van der Waals surface area contributed by atoms with Crippen molar-refractivity contribution < 1.29 is 109 Å². The summed E-state index contributed by atoms with van der Waals surface area (Å²) in [6.07, 6.45) is 5.37. The third kappa shape index (κ3) is 26.7. The molecule has 0 saturated carbocycles. The van der Waals surface area contributed by atoms with Crippen LogP contribution in [0.15, 0.2) is 172 Å². The predicted molar refractivity (Wildman–Crippen MR) is 489 cm³/mol. The molecule has 0 atom stereocenters. The molecule has 0 fully saturated rings. The zero-order chi connectivity index (χ0) is 96.9. The predicted octanol–water partition coefficient (Wildman–Crippen LogP) is 12.7. The van der Waals surface area contributed by atoms with Crippen molar-refractivity contribution >= 4 is 226 Å². The summed E-state index contributed by atoms with van der Waals surface area (Å²) in [4.78, 5) is 209. The summed E-state index contributed by atoms with van der Waals surface area (Å²) in [5.74, 6) is -5.42. The van der Waals surface area contributed by atoms with Gasteiger partial charge in [-0.1, -0.05) is 29.8 Å². The number of anilines is 5. The minimum Gasteiger partial charge on any atom is -0.497 e. The lowest BCUT2D eigenvalue weighted by molar-refractivity contribution is 0.0912. The summed E-state index contributed by atoms with van der Waals surface area (Å²) in [6.45, 7) is 10.6. The van der Waals surface area contributed by atoms with Crippen LogP contribution in [0, 0.1) is 18.3 Å². The standard InChI is InChI=1S/C19H17N3O5S.C19H17N3O4S.C17H13N5O4S.C14H13ClN4O6S2.C14H12N6O4S/c1-3-27-19(25)22-17(24)13-7-9-28-18(13)21-16(23)12-6-8-20-15-5-4-11(26-2)10-14(12)15;1-3-26-19(25)22-16(23)13-8-9-27-18(13)21-17(24)14-10-11(2)20-15-7-5-4-6-12(14)15;1-2-26-17(25)21-14(23)11-5-7-27-16(11)20-15(24)12-9-22-6-3-4-10(8-18)13(22)19-12;1-3-25-14(22)19-10(20)7-4-5-26-12(7)18-11(21)9-8(15)6-16-13(17-9)27(2,23)24;1-2-24-14(23)18-10(21)8-4-7-25-12(8)17-11(22)9-16-13-15-5-3-6-20(13)19-9/h4-10H,3H2,1-2H3,(H,21,23)(H,22,24,25);4-10H,3H2,1-2H3,(H,21,24)(H,22,23,25);3-7,9H,2H2,1H3,(H,20,24)(H,21,23,25);4-6H,3H2,1-2H3,(H,18,21)(H,19,20,22);3-7H,2H2,1H3,(H,17,22)(H,18,21,23). The van der Waals surface area contributed by atoms with Gasteiger partial charge < -0.3 is 59.4 Å². The number of imidazole rings is 1. The van der Waals surface area contributed by atoms with Gasteiger partial charge in [0.25, 0.3) is 64.8 Å². The van der Waals surface area contributed by atoms with Crippen molar-refractivity contribution in [2.45, 2.75) is 46.7 Å². The van der Waals surface area contributed by atoms with Crippen molar-refractivity contribution in [3.8, 4) is 11.8 Å². The van der Waals surface area contributed by atoms with E-state index in [0.29, 0.717) is 60.2 Å². The number of sulfone groups is 1.